The number of nitrogens with zero attached hydrogens (tertiary/aromatic N) is 4. The fraction of sp³-hybridized carbons (Fsp3) is 0.550. The molecular weight excluding hydrogens is 422 g/mol. The molecule has 0 radical (unpaired) electrons. The van der Waals surface area contributed by atoms with E-state index in [2.05, 4.69) is 20.1 Å². The number of rotatable bonds is 8. The van der Waals surface area contributed by atoms with Crippen LogP contribution in [0.1, 0.15) is 56.3 Å². The number of amides is 1. The van der Waals surface area contributed by atoms with E-state index in [0.29, 0.717) is 30.7 Å². The number of aromatic nitrogens is 3. The smallest absolute Gasteiger partial charge is 0.243 e. The molecule has 2 aliphatic carbocycles. The second-order valence-electron chi connectivity index (χ2n) is 8.19. The summed E-state index contributed by atoms with van der Waals surface area (Å²) in [6.45, 7) is 1.15. The van der Waals surface area contributed by atoms with Gasteiger partial charge in [-0.3, -0.25) is 4.79 Å². The first-order valence-corrected chi connectivity index (χ1v) is 12.9. The average molecular weight is 448 g/mol. The van der Waals surface area contributed by atoms with Crippen LogP contribution in [0.2, 0.25) is 0 Å². The lowest BCUT2D eigenvalue weighted by Gasteiger charge is -2.15. The van der Waals surface area contributed by atoms with Gasteiger partial charge in [-0.2, -0.15) is 4.31 Å². The van der Waals surface area contributed by atoms with Crippen LogP contribution >= 0.6 is 11.8 Å². The van der Waals surface area contributed by atoms with E-state index in [1.165, 1.54) is 28.9 Å². The molecule has 1 saturated heterocycles. The number of nitrogens with one attached hydrogen (secondary N) is 1. The Labute approximate surface area is 180 Å². The van der Waals surface area contributed by atoms with Crippen LogP contribution in [0.5, 0.6) is 0 Å². The summed E-state index contributed by atoms with van der Waals surface area (Å²) in [5.41, 5.74) is 0.586. The lowest BCUT2D eigenvalue weighted by Crippen LogP contribution is -2.27. The van der Waals surface area contributed by atoms with E-state index >= 15 is 0 Å². The molecule has 30 heavy (non-hydrogen) atoms. The molecule has 1 N–H and O–H groups in total. The predicted octanol–water partition coefficient (Wildman–Crippen LogP) is 3.01. The largest absolute Gasteiger partial charge is 0.325 e. The zero-order chi connectivity index (χ0) is 20.7. The van der Waals surface area contributed by atoms with Crippen molar-refractivity contribution in [3.63, 3.8) is 0 Å². The van der Waals surface area contributed by atoms with Crippen molar-refractivity contribution in [2.24, 2.45) is 0 Å². The molecule has 2 heterocycles. The number of benzene rings is 1. The Morgan fingerprint density at radius 2 is 1.77 bits per heavy atom. The summed E-state index contributed by atoms with van der Waals surface area (Å²) in [5.74, 6) is 1.71. The molecule has 2 saturated carbocycles. The van der Waals surface area contributed by atoms with Gasteiger partial charge in [-0.15, -0.1) is 10.2 Å². The third-order valence-corrected chi connectivity index (χ3v) is 8.57. The minimum absolute atomic E-state index is 0.145. The Balaban J connectivity index is 1.19. The zero-order valence-corrected chi connectivity index (χ0v) is 18.3. The molecule has 10 heteroatoms. The summed E-state index contributed by atoms with van der Waals surface area (Å²) in [5, 5.41) is 12.3. The molecule has 2 aromatic rings. The van der Waals surface area contributed by atoms with Crippen LogP contribution in [-0.2, 0) is 14.8 Å². The fourth-order valence-electron chi connectivity index (χ4n) is 3.80. The fourth-order valence-corrected chi connectivity index (χ4v) is 6.13. The Bertz CT molecular complexity index is 1040. The van der Waals surface area contributed by atoms with Crippen LogP contribution in [0.25, 0.3) is 0 Å². The number of anilines is 1. The summed E-state index contributed by atoms with van der Waals surface area (Å²) in [6, 6.07) is 6.89. The van der Waals surface area contributed by atoms with Crippen LogP contribution < -0.4 is 5.32 Å². The summed E-state index contributed by atoms with van der Waals surface area (Å²) in [4.78, 5) is 12.7. The van der Waals surface area contributed by atoms with Gasteiger partial charge in [0, 0.05) is 30.7 Å². The molecule has 1 aromatic heterocycles. The van der Waals surface area contributed by atoms with Gasteiger partial charge in [0.05, 0.1) is 10.6 Å². The molecule has 3 fully saturated rings. The first kappa shape index (κ1) is 20.0. The Morgan fingerprint density at radius 3 is 2.40 bits per heavy atom. The number of hydrogen-bond acceptors (Lipinski definition) is 6. The highest BCUT2D eigenvalue weighted by atomic mass is 32.2. The third-order valence-electron chi connectivity index (χ3n) is 5.72. The van der Waals surface area contributed by atoms with Gasteiger partial charge in [-0.25, -0.2) is 8.42 Å². The van der Waals surface area contributed by atoms with Crippen LogP contribution in [0, 0.1) is 0 Å². The number of carbonyl (C=O) groups is 1. The van der Waals surface area contributed by atoms with Crippen molar-refractivity contribution in [1.29, 1.82) is 0 Å². The van der Waals surface area contributed by atoms with Gasteiger partial charge < -0.3 is 9.88 Å². The molecule has 0 bridgehead atoms. The molecule has 0 atom stereocenters. The van der Waals surface area contributed by atoms with Gasteiger partial charge in [-0.05, 0) is 62.8 Å². The highest BCUT2D eigenvalue weighted by Gasteiger charge is 2.36. The number of sulfonamides is 1. The van der Waals surface area contributed by atoms with Crippen molar-refractivity contribution in [2.75, 3.05) is 24.2 Å². The number of thioether (sulfide) groups is 1. The Hall–Kier alpha value is -1.91. The minimum atomic E-state index is -3.44. The van der Waals surface area contributed by atoms with Gasteiger partial charge in [0.25, 0.3) is 0 Å². The Kier molecular flexibility index (Phi) is 5.32. The van der Waals surface area contributed by atoms with Gasteiger partial charge in [0.15, 0.2) is 5.16 Å². The van der Waals surface area contributed by atoms with E-state index in [0.717, 1.165) is 36.7 Å². The second kappa shape index (κ2) is 7.97. The summed E-state index contributed by atoms with van der Waals surface area (Å²) in [7, 11) is -3.44. The summed E-state index contributed by atoms with van der Waals surface area (Å²) in [6.07, 6.45) is 6.48. The second-order valence-corrected chi connectivity index (χ2v) is 11.1. The first-order chi connectivity index (χ1) is 14.5. The van der Waals surface area contributed by atoms with Gasteiger partial charge in [0.1, 0.15) is 5.82 Å². The highest BCUT2D eigenvalue weighted by molar-refractivity contribution is 7.99. The molecule has 0 unspecified atom stereocenters. The van der Waals surface area contributed by atoms with Crippen molar-refractivity contribution in [3.8, 4) is 0 Å². The highest BCUT2D eigenvalue weighted by Crippen LogP contribution is 2.46. The van der Waals surface area contributed by atoms with E-state index in [9.17, 15) is 13.2 Å². The lowest BCUT2D eigenvalue weighted by atomic mass is 10.3. The summed E-state index contributed by atoms with van der Waals surface area (Å²) >= 11 is 1.41. The van der Waals surface area contributed by atoms with E-state index in [1.807, 2.05) is 0 Å². The monoisotopic (exact) mass is 447 g/mol. The quantitative estimate of drug-likeness (QED) is 0.625. The third kappa shape index (κ3) is 4.13. The number of carbonyl (C=O) groups excluding carboxylic acids is 1. The normalized spacial score (nSPS) is 19.9. The van der Waals surface area contributed by atoms with Crippen LogP contribution in [0.4, 0.5) is 5.69 Å². The van der Waals surface area contributed by atoms with E-state index in [4.69, 9.17) is 0 Å². The molecule has 0 spiro atoms. The topological polar surface area (TPSA) is 97.2 Å². The SMILES string of the molecule is O=C(CSc1nnc(C2CC2)n1C1CC1)Nc1ccc(S(=O)(=O)N2CCCC2)cc1. The first-order valence-electron chi connectivity index (χ1n) is 10.5. The van der Waals surface area contributed by atoms with Gasteiger partial charge >= 0.3 is 0 Å². The molecule has 1 amide bonds. The van der Waals surface area contributed by atoms with Crippen molar-refractivity contribution in [1.82, 2.24) is 19.1 Å². The van der Waals surface area contributed by atoms with Gasteiger partial charge in [0.2, 0.25) is 15.9 Å². The molecule has 1 aromatic carbocycles. The average Bonchev–Trinajstić information content (AvgIpc) is 3.66. The van der Waals surface area contributed by atoms with Crippen molar-refractivity contribution in [3.05, 3.63) is 30.1 Å². The van der Waals surface area contributed by atoms with Crippen molar-refractivity contribution in [2.45, 2.75) is 60.5 Å². The number of hydrogen-bond donors (Lipinski definition) is 1. The molecule has 160 valence electrons. The predicted molar refractivity (Wildman–Crippen MR) is 114 cm³/mol. The van der Waals surface area contributed by atoms with Crippen LogP contribution in [0.3, 0.4) is 0 Å². The molecule has 5 rings (SSSR count). The summed E-state index contributed by atoms with van der Waals surface area (Å²) < 4.78 is 28.9. The standard InChI is InChI=1S/C20H25N5O3S2/c26-18(13-29-20-23-22-19(14-3-4-14)25(20)16-7-8-16)21-15-5-9-17(10-6-15)30(27,28)24-11-1-2-12-24/h5-6,9-10,14,16H,1-4,7-8,11-13H2,(H,21,26). The van der Waals surface area contributed by atoms with Gasteiger partial charge in [-0.1, -0.05) is 11.8 Å². The van der Waals surface area contributed by atoms with Crippen molar-refractivity contribution >= 4 is 33.4 Å². The van der Waals surface area contributed by atoms with E-state index in [-0.39, 0.29) is 16.6 Å². The zero-order valence-electron chi connectivity index (χ0n) is 16.7. The molecule has 8 nitrogen and oxygen atoms in total. The maximum Gasteiger partial charge on any atom is 0.243 e. The molecule has 3 aliphatic rings. The van der Waals surface area contributed by atoms with E-state index in [1.54, 1.807) is 24.3 Å². The molecular formula is C20H25N5O3S2. The van der Waals surface area contributed by atoms with Crippen molar-refractivity contribution < 1.29 is 13.2 Å². The van der Waals surface area contributed by atoms with Crippen LogP contribution in [-0.4, -0.2) is 52.2 Å². The van der Waals surface area contributed by atoms with Crippen LogP contribution in [0.15, 0.2) is 34.3 Å². The minimum Gasteiger partial charge on any atom is -0.325 e. The molecule has 1 aliphatic heterocycles. The maximum absolute atomic E-state index is 12.6. The maximum atomic E-state index is 12.6. The Morgan fingerprint density at radius 1 is 1.07 bits per heavy atom. The van der Waals surface area contributed by atoms with E-state index < -0.39 is 10.0 Å². The lowest BCUT2D eigenvalue weighted by molar-refractivity contribution is -0.113.